The second-order valence-corrected chi connectivity index (χ2v) is 5.19. The van der Waals surface area contributed by atoms with E-state index in [1.807, 2.05) is 0 Å². The van der Waals surface area contributed by atoms with Gasteiger partial charge in [-0.2, -0.15) is 0 Å². The first-order valence-electron chi connectivity index (χ1n) is 7.61. The molecule has 1 aliphatic heterocycles. The molecule has 0 radical (unpaired) electrons. The molecule has 1 aromatic carbocycles. The van der Waals surface area contributed by atoms with Crippen LogP contribution in [0, 0.1) is 0 Å². The Balaban J connectivity index is 1.92. The van der Waals surface area contributed by atoms with E-state index in [1.54, 1.807) is 0 Å². The standard InChI is InChI=1S/C16H26N2O2/c1-2-17-13-14-5-3-4-6-16(14)18-9-7-15(8-10-18)20-12-11-19/h3-6,15,17,19H,2,7-13H2,1H3. The van der Waals surface area contributed by atoms with E-state index in [1.165, 1.54) is 11.3 Å². The molecule has 112 valence electrons. The predicted molar refractivity (Wildman–Crippen MR) is 82.1 cm³/mol. The minimum atomic E-state index is 0.117. The van der Waals surface area contributed by atoms with Gasteiger partial charge in [-0.05, 0) is 31.0 Å². The van der Waals surface area contributed by atoms with E-state index in [2.05, 4.69) is 41.4 Å². The van der Waals surface area contributed by atoms with E-state index in [9.17, 15) is 0 Å². The number of anilines is 1. The second-order valence-electron chi connectivity index (χ2n) is 5.19. The van der Waals surface area contributed by atoms with E-state index in [4.69, 9.17) is 9.84 Å². The molecule has 0 unspecified atom stereocenters. The quantitative estimate of drug-likeness (QED) is 0.798. The molecule has 2 rings (SSSR count). The summed E-state index contributed by atoms with van der Waals surface area (Å²) < 4.78 is 5.62. The van der Waals surface area contributed by atoms with E-state index >= 15 is 0 Å². The molecule has 1 aromatic rings. The van der Waals surface area contributed by atoms with Crippen molar-refractivity contribution in [2.45, 2.75) is 32.4 Å². The zero-order valence-electron chi connectivity index (χ0n) is 12.3. The Morgan fingerprint density at radius 1 is 1.30 bits per heavy atom. The lowest BCUT2D eigenvalue weighted by Crippen LogP contribution is -2.38. The first kappa shape index (κ1) is 15.3. The number of para-hydroxylation sites is 1. The van der Waals surface area contributed by atoms with Crippen molar-refractivity contribution in [2.75, 3.05) is 37.7 Å². The number of aliphatic hydroxyl groups is 1. The molecule has 0 atom stereocenters. The lowest BCUT2D eigenvalue weighted by Gasteiger charge is -2.34. The number of hydrogen-bond acceptors (Lipinski definition) is 4. The summed E-state index contributed by atoms with van der Waals surface area (Å²) in [6.45, 7) is 6.68. The molecule has 1 heterocycles. The highest BCUT2D eigenvalue weighted by Gasteiger charge is 2.20. The van der Waals surface area contributed by atoms with Crippen molar-refractivity contribution >= 4 is 5.69 Å². The van der Waals surface area contributed by atoms with E-state index < -0.39 is 0 Å². The van der Waals surface area contributed by atoms with Crippen LogP contribution in [0.15, 0.2) is 24.3 Å². The van der Waals surface area contributed by atoms with Gasteiger partial charge in [0.2, 0.25) is 0 Å². The fraction of sp³-hybridized carbons (Fsp3) is 0.625. The van der Waals surface area contributed by atoms with Gasteiger partial charge in [-0.15, -0.1) is 0 Å². The highest BCUT2D eigenvalue weighted by Crippen LogP contribution is 2.25. The van der Waals surface area contributed by atoms with Crippen LogP contribution in [0.4, 0.5) is 5.69 Å². The third-order valence-electron chi connectivity index (χ3n) is 3.78. The minimum Gasteiger partial charge on any atom is -0.394 e. The van der Waals surface area contributed by atoms with Gasteiger partial charge in [-0.25, -0.2) is 0 Å². The molecule has 20 heavy (non-hydrogen) atoms. The van der Waals surface area contributed by atoms with Gasteiger partial charge in [0, 0.05) is 25.3 Å². The smallest absolute Gasteiger partial charge is 0.0701 e. The summed E-state index contributed by atoms with van der Waals surface area (Å²) in [4.78, 5) is 2.45. The number of hydrogen-bond donors (Lipinski definition) is 2. The van der Waals surface area contributed by atoms with Crippen molar-refractivity contribution in [2.24, 2.45) is 0 Å². The second kappa shape index (κ2) is 8.25. The van der Waals surface area contributed by atoms with Crippen molar-refractivity contribution in [3.05, 3.63) is 29.8 Å². The van der Waals surface area contributed by atoms with Crippen LogP contribution in [-0.4, -0.2) is 44.1 Å². The molecule has 1 aliphatic rings. The molecule has 4 nitrogen and oxygen atoms in total. The number of piperidine rings is 1. The van der Waals surface area contributed by atoms with Crippen LogP contribution >= 0.6 is 0 Å². The Morgan fingerprint density at radius 3 is 2.75 bits per heavy atom. The molecule has 2 N–H and O–H groups in total. The Kier molecular flexibility index (Phi) is 6.30. The van der Waals surface area contributed by atoms with Crippen LogP contribution in [0.3, 0.4) is 0 Å². The molecule has 0 spiro atoms. The third kappa shape index (κ3) is 4.20. The highest BCUT2D eigenvalue weighted by atomic mass is 16.5. The van der Waals surface area contributed by atoms with Gasteiger partial charge in [0.25, 0.3) is 0 Å². The first-order chi connectivity index (χ1) is 9.85. The van der Waals surface area contributed by atoms with Crippen LogP contribution in [0.25, 0.3) is 0 Å². The zero-order valence-corrected chi connectivity index (χ0v) is 12.3. The topological polar surface area (TPSA) is 44.7 Å². The average molecular weight is 278 g/mol. The maximum Gasteiger partial charge on any atom is 0.0701 e. The number of benzene rings is 1. The van der Waals surface area contributed by atoms with Crippen molar-refractivity contribution in [1.82, 2.24) is 5.32 Å². The number of aliphatic hydroxyl groups excluding tert-OH is 1. The van der Waals surface area contributed by atoms with Gasteiger partial charge in [0.05, 0.1) is 19.3 Å². The van der Waals surface area contributed by atoms with E-state index in [0.29, 0.717) is 12.7 Å². The van der Waals surface area contributed by atoms with Gasteiger partial charge in [-0.3, -0.25) is 0 Å². The van der Waals surface area contributed by atoms with Gasteiger partial charge in [0.15, 0.2) is 0 Å². The number of ether oxygens (including phenoxy) is 1. The molecular weight excluding hydrogens is 252 g/mol. The SMILES string of the molecule is CCNCc1ccccc1N1CCC(OCCO)CC1. The fourth-order valence-electron chi connectivity index (χ4n) is 2.71. The molecule has 0 aromatic heterocycles. The first-order valence-corrected chi connectivity index (χ1v) is 7.61. The Labute approximate surface area is 121 Å². The molecule has 0 amide bonds. The fourth-order valence-corrected chi connectivity index (χ4v) is 2.71. The van der Waals surface area contributed by atoms with Crippen LogP contribution in [0.5, 0.6) is 0 Å². The van der Waals surface area contributed by atoms with Gasteiger partial charge in [-0.1, -0.05) is 25.1 Å². The van der Waals surface area contributed by atoms with Gasteiger partial charge >= 0.3 is 0 Å². The molecule has 4 heteroatoms. The van der Waals surface area contributed by atoms with Crippen molar-refractivity contribution < 1.29 is 9.84 Å². The van der Waals surface area contributed by atoms with Crippen LogP contribution < -0.4 is 10.2 Å². The summed E-state index contributed by atoms with van der Waals surface area (Å²) in [6, 6.07) is 8.63. The average Bonchev–Trinajstić information content (AvgIpc) is 2.52. The van der Waals surface area contributed by atoms with Crippen molar-refractivity contribution in [3.63, 3.8) is 0 Å². The summed E-state index contributed by atoms with van der Waals surface area (Å²) in [5.74, 6) is 0. The summed E-state index contributed by atoms with van der Waals surface area (Å²) in [5.41, 5.74) is 2.71. The molecular formula is C16H26N2O2. The third-order valence-corrected chi connectivity index (χ3v) is 3.78. The summed E-state index contributed by atoms with van der Waals surface area (Å²) in [5, 5.41) is 12.2. The minimum absolute atomic E-state index is 0.117. The largest absolute Gasteiger partial charge is 0.394 e. The predicted octanol–water partition coefficient (Wildman–Crippen LogP) is 1.77. The van der Waals surface area contributed by atoms with Gasteiger partial charge in [0.1, 0.15) is 0 Å². The maximum absolute atomic E-state index is 8.80. The molecule has 1 fully saturated rings. The lowest BCUT2D eigenvalue weighted by atomic mass is 10.0. The molecule has 0 aliphatic carbocycles. The van der Waals surface area contributed by atoms with Crippen molar-refractivity contribution in [3.8, 4) is 0 Å². The summed E-state index contributed by atoms with van der Waals surface area (Å²) in [7, 11) is 0. The van der Waals surface area contributed by atoms with Crippen LogP contribution in [0.1, 0.15) is 25.3 Å². The number of nitrogens with zero attached hydrogens (tertiary/aromatic N) is 1. The molecule has 1 saturated heterocycles. The monoisotopic (exact) mass is 278 g/mol. The van der Waals surface area contributed by atoms with Crippen LogP contribution in [0.2, 0.25) is 0 Å². The summed E-state index contributed by atoms with van der Waals surface area (Å²) in [6.07, 6.45) is 2.38. The van der Waals surface area contributed by atoms with Gasteiger partial charge < -0.3 is 20.1 Å². The number of nitrogens with one attached hydrogen (secondary N) is 1. The van der Waals surface area contributed by atoms with Crippen molar-refractivity contribution in [1.29, 1.82) is 0 Å². The molecule has 0 bridgehead atoms. The summed E-state index contributed by atoms with van der Waals surface area (Å²) >= 11 is 0. The Bertz CT molecular complexity index is 390. The highest BCUT2D eigenvalue weighted by molar-refractivity contribution is 5.54. The number of rotatable bonds is 7. The Morgan fingerprint density at radius 2 is 2.05 bits per heavy atom. The maximum atomic E-state index is 8.80. The normalized spacial score (nSPS) is 16.6. The zero-order chi connectivity index (χ0) is 14.2. The Hall–Kier alpha value is -1.10. The lowest BCUT2D eigenvalue weighted by molar-refractivity contribution is 0.0159. The molecule has 0 saturated carbocycles. The van der Waals surface area contributed by atoms with Crippen LogP contribution in [-0.2, 0) is 11.3 Å². The van der Waals surface area contributed by atoms with E-state index in [-0.39, 0.29) is 6.61 Å². The van der Waals surface area contributed by atoms with E-state index in [0.717, 1.165) is 39.0 Å².